The summed E-state index contributed by atoms with van der Waals surface area (Å²) in [5.41, 5.74) is 6.01. The number of carbonyl (C=O) groups excluding carboxylic acids is 2. The van der Waals surface area contributed by atoms with Crippen LogP contribution < -0.4 is 11.2 Å². The van der Waals surface area contributed by atoms with Gasteiger partial charge in [-0.15, -0.1) is 0 Å². The van der Waals surface area contributed by atoms with E-state index >= 15 is 0 Å². The number of hydrogen-bond acceptors (Lipinski definition) is 3. The van der Waals surface area contributed by atoms with Crippen LogP contribution in [0.2, 0.25) is 0 Å². The third kappa shape index (κ3) is 4.74. The maximum atomic E-state index is 9.59. The van der Waals surface area contributed by atoms with E-state index in [0.717, 1.165) is 0 Å². The van der Waals surface area contributed by atoms with E-state index < -0.39 is 6.03 Å². The first-order valence-corrected chi connectivity index (χ1v) is 1.42. The maximum absolute atomic E-state index is 9.59. The number of nitrogens with two attached hydrogens (primary N) is 1. The Balaban J connectivity index is 2.97. The van der Waals surface area contributed by atoms with Crippen LogP contribution in [0.1, 0.15) is 0 Å². The van der Waals surface area contributed by atoms with Crippen molar-refractivity contribution in [2.45, 2.75) is 0 Å². The lowest BCUT2D eigenvalue weighted by Crippen LogP contribution is -2.28. The maximum Gasteiger partial charge on any atom is 0.345 e. The molecule has 5 heteroatoms. The fourth-order valence-electron chi connectivity index (χ4n) is 0.0821. The second-order valence-electron chi connectivity index (χ2n) is 0.680. The summed E-state index contributed by atoms with van der Waals surface area (Å²) in [4.78, 5) is 22.5. The van der Waals surface area contributed by atoms with Gasteiger partial charge in [-0.2, -0.15) is 5.48 Å². The van der Waals surface area contributed by atoms with Crippen LogP contribution in [0, 0.1) is 0 Å². The molecule has 0 spiro atoms. The minimum absolute atomic E-state index is 0.0603. The Morgan fingerprint density at radius 2 is 2.43 bits per heavy atom. The molecule has 0 rings (SSSR count). The molecule has 5 nitrogen and oxygen atoms in total. The highest BCUT2D eigenvalue weighted by Gasteiger charge is 1.83. The molecule has 0 aliphatic heterocycles. The Labute approximate surface area is 39.4 Å². The summed E-state index contributed by atoms with van der Waals surface area (Å²) in [7, 11) is 0. The topological polar surface area (TPSA) is 81.4 Å². The van der Waals surface area contributed by atoms with Crippen LogP contribution in [0.15, 0.2) is 0 Å². The summed E-state index contributed by atoms with van der Waals surface area (Å²) in [5.74, 6) is 0. The molecule has 0 saturated heterocycles. The Kier molecular flexibility index (Phi) is 2.42. The van der Waals surface area contributed by atoms with E-state index in [1.807, 2.05) is 0 Å². The van der Waals surface area contributed by atoms with Gasteiger partial charge in [-0.05, 0) is 0 Å². The second kappa shape index (κ2) is 2.95. The van der Waals surface area contributed by atoms with Crippen molar-refractivity contribution in [1.29, 1.82) is 0 Å². The molecule has 0 unspecified atom stereocenters. The van der Waals surface area contributed by atoms with E-state index in [-0.39, 0.29) is 6.47 Å². The molecular weight excluding hydrogens is 100 g/mol. The largest absolute Gasteiger partial charge is 0.349 e. The molecule has 0 aromatic carbocycles. The lowest BCUT2D eigenvalue weighted by molar-refractivity contribution is -0.133. The number of hydroxylamine groups is 1. The fourth-order valence-corrected chi connectivity index (χ4v) is 0.0821. The number of urea groups is 1. The van der Waals surface area contributed by atoms with Gasteiger partial charge in [0.15, 0.2) is 0 Å². The van der Waals surface area contributed by atoms with Crippen LogP contribution in [0.25, 0.3) is 0 Å². The van der Waals surface area contributed by atoms with E-state index in [2.05, 4.69) is 10.6 Å². The summed E-state index contributed by atoms with van der Waals surface area (Å²) in [6, 6.07) is -0.896. The molecule has 0 aliphatic carbocycles. The average Bonchev–Trinajstić information content (AvgIpc) is 1.61. The van der Waals surface area contributed by atoms with Crippen LogP contribution in [0.3, 0.4) is 0 Å². The van der Waals surface area contributed by atoms with Crippen LogP contribution in [-0.2, 0) is 9.63 Å². The van der Waals surface area contributed by atoms with Crippen LogP contribution >= 0.6 is 0 Å². The van der Waals surface area contributed by atoms with Gasteiger partial charge in [-0.1, -0.05) is 0 Å². The van der Waals surface area contributed by atoms with Crippen molar-refractivity contribution < 1.29 is 14.4 Å². The fraction of sp³-hybridized carbons (Fsp3) is 0. The van der Waals surface area contributed by atoms with Crippen molar-refractivity contribution in [2.24, 2.45) is 5.73 Å². The van der Waals surface area contributed by atoms with Crippen molar-refractivity contribution >= 4 is 12.5 Å². The predicted octanol–water partition coefficient (Wildman–Crippen LogP) is -1.26. The second-order valence-corrected chi connectivity index (χ2v) is 0.680. The van der Waals surface area contributed by atoms with Gasteiger partial charge in [-0.25, -0.2) is 4.79 Å². The monoisotopic (exact) mass is 104 g/mol. The van der Waals surface area contributed by atoms with E-state index in [0.29, 0.717) is 0 Å². The van der Waals surface area contributed by atoms with Crippen molar-refractivity contribution in [3.05, 3.63) is 0 Å². The van der Waals surface area contributed by atoms with Crippen molar-refractivity contribution in [3.63, 3.8) is 0 Å². The number of rotatable bonds is 2. The highest BCUT2D eigenvalue weighted by molar-refractivity contribution is 5.71. The molecule has 0 aromatic rings. The smallest absolute Gasteiger partial charge is 0.345 e. The van der Waals surface area contributed by atoms with E-state index in [1.165, 1.54) is 0 Å². The average molecular weight is 104 g/mol. The molecule has 40 valence electrons. The van der Waals surface area contributed by atoms with Crippen molar-refractivity contribution in [3.8, 4) is 0 Å². The highest BCUT2D eigenvalue weighted by Crippen LogP contribution is 1.51. The quantitative estimate of drug-likeness (QED) is 0.339. The van der Waals surface area contributed by atoms with Gasteiger partial charge in [0, 0.05) is 0 Å². The standard InChI is InChI=1S/C2H4N2O3/c3-2(6)4-7-1-5/h1H,(H3,3,4,6). The lowest BCUT2D eigenvalue weighted by Gasteiger charge is -1.90. The van der Waals surface area contributed by atoms with Gasteiger partial charge >= 0.3 is 12.5 Å². The molecule has 0 aliphatic rings. The number of nitrogens with one attached hydrogen (secondary N) is 1. The Morgan fingerprint density at radius 3 is 2.57 bits per heavy atom. The number of primary amides is 1. The molecule has 0 fully saturated rings. The molecule has 2 amide bonds. The van der Waals surface area contributed by atoms with Crippen molar-refractivity contribution in [1.82, 2.24) is 5.48 Å². The van der Waals surface area contributed by atoms with Gasteiger partial charge in [0.05, 0.1) is 0 Å². The third-order valence-electron chi connectivity index (χ3n) is 0.208. The highest BCUT2D eigenvalue weighted by atomic mass is 16.7. The molecule has 0 saturated carbocycles. The summed E-state index contributed by atoms with van der Waals surface area (Å²) in [6.07, 6.45) is 0. The van der Waals surface area contributed by atoms with Crippen molar-refractivity contribution in [2.75, 3.05) is 0 Å². The first-order valence-electron chi connectivity index (χ1n) is 1.42. The molecule has 0 atom stereocenters. The lowest BCUT2D eigenvalue weighted by atomic mass is 11.2. The number of carbonyl (C=O) groups is 2. The number of hydrogen-bond donors (Lipinski definition) is 2. The van der Waals surface area contributed by atoms with Crippen LogP contribution in [-0.4, -0.2) is 12.5 Å². The van der Waals surface area contributed by atoms with E-state index in [1.54, 1.807) is 5.48 Å². The summed E-state index contributed by atoms with van der Waals surface area (Å²) < 4.78 is 0. The van der Waals surface area contributed by atoms with Gasteiger partial charge in [-0.3, -0.25) is 4.79 Å². The Hall–Kier alpha value is -1.26. The molecule has 0 heterocycles. The first-order chi connectivity index (χ1) is 3.27. The molecule has 0 radical (unpaired) electrons. The molecule has 0 bridgehead atoms. The Bertz CT molecular complexity index is 81.0. The first kappa shape index (κ1) is 5.74. The normalized spacial score (nSPS) is 6.86. The van der Waals surface area contributed by atoms with Gasteiger partial charge in [0.1, 0.15) is 0 Å². The van der Waals surface area contributed by atoms with Gasteiger partial charge in [0.25, 0.3) is 0 Å². The predicted molar refractivity (Wildman–Crippen MR) is 19.9 cm³/mol. The minimum atomic E-state index is -0.896. The van der Waals surface area contributed by atoms with Crippen LogP contribution in [0.5, 0.6) is 0 Å². The van der Waals surface area contributed by atoms with Gasteiger partial charge in [0.2, 0.25) is 0 Å². The summed E-state index contributed by atoms with van der Waals surface area (Å²) in [6.45, 7) is 0.0603. The SMILES string of the molecule is NC(=O)NOC=O. The number of amides is 2. The molecule has 0 aromatic heterocycles. The van der Waals surface area contributed by atoms with Crippen LogP contribution in [0.4, 0.5) is 4.79 Å². The zero-order valence-corrected chi connectivity index (χ0v) is 3.38. The molecular formula is C2H4N2O3. The zero-order valence-electron chi connectivity index (χ0n) is 3.38. The van der Waals surface area contributed by atoms with E-state index in [4.69, 9.17) is 0 Å². The molecule has 3 N–H and O–H groups in total. The summed E-state index contributed by atoms with van der Waals surface area (Å²) >= 11 is 0. The third-order valence-corrected chi connectivity index (χ3v) is 0.208. The van der Waals surface area contributed by atoms with Gasteiger partial charge < -0.3 is 10.6 Å². The Morgan fingerprint density at radius 1 is 1.86 bits per heavy atom. The molecule has 7 heavy (non-hydrogen) atoms. The zero-order chi connectivity index (χ0) is 5.70. The summed E-state index contributed by atoms with van der Waals surface area (Å²) in [5, 5.41) is 0. The minimum Gasteiger partial charge on any atom is -0.349 e. The van der Waals surface area contributed by atoms with E-state index in [9.17, 15) is 9.59 Å².